The molecule has 29 heavy (non-hydrogen) atoms. The van der Waals surface area contributed by atoms with Crippen molar-refractivity contribution in [1.82, 2.24) is 4.90 Å². The first-order chi connectivity index (χ1) is 13.7. The Morgan fingerprint density at radius 2 is 1.90 bits per heavy atom. The lowest BCUT2D eigenvalue weighted by atomic mass is 9.38. The van der Waals surface area contributed by atoms with Gasteiger partial charge in [0.1, 0.15) is 0 Å². The minimum absolute atomic E-state index is 0.0164. The molecule has 5 fully saturated rings. The predicted molar refractivity (Wildman–Crippen MR) is 118 cm³/mol. The lowest BCUT2D eigenvalue weighted by Gasteiger charge is -2.66. The fraction of sp³-hybridized carbons (Fsp3) is 0.720. The molecule has 1 aliphatic heterocycles. The predicted octanol–water partition coefficient (Wildman–Crippen LogP) is 4.72. The molecule has 2 N–H and O–H groups in total. The molecule has 3 unspecified atom stereocenters. The first-order valence-corrected chi connectivity index (χ1v) is 11.9. The molecule has 1 amide bonds. The molecule has 0 spiro atoms. The van der Waals surface area contributed by atoms with Crippen molar-refractivity contribution < 1.29 is 4.79 Å². The fourth-order valence-electron chi connectivity index (χ4n) is 8.02. The number of benzene rings is 1. The van der Waals surface area contributed by atoms with E-state index < -0.39 is 0 Å². The number of nitrogens with zero attached hydrogens (tertiary/aromatic N) is 1. The fourth-order valence-corrected chi connectivity index (χ4v) is 8.32. The second-order valence-electron chi connectivity index (χ2n) is 11.7. The third-order valence-corrected chi connectivity index (χ3v) is 9.47. The zero-order valence-electron chi connectivity index (χ0n) is 17.9. The van der Waals surface area contributed by atoms with Crippen molar-refractivity contribution in [2.45, 2.75) is 70.3 Å². The van der Waals surface area contributed by atoms with Crippen LogP contribution < -0.4 is 5.73 Å². The Labute approximate surface area is 180 Å². The summed E-state index contributed by atoms with van der Waals surface area (Å²) in [7, 11) is 0. The highest BCUT2D eigenvalue weighted by molar-refractivity contribution is 6.18. The molecule has 158 valence electrons. The van der Waals surface area contributed by atoms with Crippen molar-refractivity contribution >= 4 is 17.5 Å². The van der Waals surface area contributed by atoms with Crippen LogP contribution >= 0.6 is 11.6 Å². The smallest absolute Gasteiger partial charge is 0.228 e. The normalized spacial score (nSPS) is 42.8. The number of hydrogen-bond acceptors (Lipinski definition) is 2. The van der Waals surface area contributed by atoms with Crippen molar-refractivity contribution in [2.24, 2.45) is 27.9 Å². The lowest BCUT2D eigenvalue weighted by molar-refractivity contribution is -0.172. The summed E-state index contributed by atoms with van der Waals surface area (Å²) in [4.78, 5) is 16.3. The standard InChI is InChI=1S/C25H35ClN2O/c1-22(2)17-28(9-8-20(22)27)21(29)25-12-18-10-23(14-25,16-26)13-24(11-18,15-25)19-6-4-3-5-7-19/h3-7,18,20H,8-17,27H2,1-2H3/t18?,20-,23?,24+,25?/m0/s1. The number of halogens is 1. The molecule has 6 rings (SSSR count). The SMILES string of the molecule is CC1(C)CN(C(=O)C23CC4CC(CCl)(C2)C[C@](c2ccccc2)(C4)C3)CC[C@@H]1N. The number of carbonyl (C=O) groups excluding carboxylic acids is 1. The number of nitrogens with two attached hydrogens (primary N) is 1. The van der Waals surface area contributed by atoms with Crippen LogP contribution in [0, 0.1) is 22.2 Å². The van der Waals surface area contributed by atoms with Gasteiger partial charge in [0.25, 0.3) is 0 Å². The molecule has 3 nitrogen and oxygen atoms in total. The third-order valence-electron chi connectivity index (χ3n) is 8.91. The summed E-state index contributed by atoms with van der Waals surface area (Å²) < 4.78 is 0. The lowest BCUT2D eigenvalue weighted by Crippen LogP contribution is -2.65. The summed E-state index contributed by atoms with van der Waals surface area (Å²) in [5.41, 5.74) is 7.78. The maximum Gasteiger partial charge on any atom is 0.228 e. The quantitative estimate of drug-likeness (QED) is 0.727. The van der Waals surface area contributed by atoms with Gasteiger partial charge in [-0.15, -0.1) is 11.6 Å². The molecule has 5 aliphatic rings. The average Bonchev–Trinajstić information content (AvgIpc) is 2.69. The second-order valence-corrected chi connectivity index (χ2v) is 11.9. The largest absolute Gasteiger partial charge is 0.342 e. The summed E-state index contributed by atoms with van der Waals surface area (Å²) in [6, 6.07) is 11.2. The summed E-state index contributed by atoms with van der Waals surface area (Å²) in [5, 5.41) is 0. The van der Waals surface area contributed by atoms with Crippen molar-refractivity contribution in [3.05, 3.63) is 35.9 Å². The van der Waals surface area contributed by atoms with Gasteiger partial charge in [0.2, 0.25) is 5.91 Å². The highest BCUT2D eigenvalue weighted by Crippen LogP contribution is 2.70. The van der Waals surface area contributed by atoms with Crippen molar-refractivity contribution in [2.75, 3.05) is 19.0 Å². The van der Waals surface area contributed by atoms with Gasteiger partial charge in [-0.1, -0.05) is 44.2 Å². The van der Waals surface area contributed by atoms with E-state index in [9.17, 15) is 4.79 Å². The van der Waals surface area contributed by atoms with Crippen LogP contribution in [0.1, 0.15) is 64.4 Å². The Balaban J connectivity index is 1.52. The monoisotopic (exact) mass is 414 g/mol. The van der Waals surface area contributed by atoms with Crippen LogP contribution in [0.15, 0.2) is 30.3 Å². The summed E-state index contributed by atoms with van der Waals surface area (Å²) in [6.07, 6.45) is 7.52. The van der Waals surface area contributed by atoms with E-state index in [1.165, 1.54) is 18.4 Å². The molecule has 4 bridgehead atoms. The van der Waals surface area contributed by atoms with Crippen LogP contribution in [0.25, 0.3) is 0 Å². The van der Waals surface area contributed by atoms with Crippen molar-refractivity contribution in [3.8, 4) is 0 Å². The van der Waals surface area contributed by atoms with Gasteiger partial charge in [-0.05, 0) is 72.7 Å². The molecule has 1 heterocycles. The van der Waals surface area contributed by atoms with Crippen LogP contribution in [0.4, 0.5) is 0 Å². The van der Waals surface area contributed by atoms with E-state index in [-0.39, 0.29) is 27.7 Å². The van der Waals surface area contributed by atoms with Gasteiger partial charge in [0, 0.05) is 25.0 Å². The third kappa shape index (κ3) is 2.98. The number of alkyl halides is 1. The zero-order valence-corrected chi connectivity index (χ0v) is 18.7. The van der Waals surface area contributed by atoms with Crippen LogP contribution in [0.5, 0.6) is 0 Å². The highest BCUT2D eigenvalue weighted by Gasteiger charge is 2.66. The van der Waals surface area contributed by atoms with Gasteiger partial charge in [-0.2, -0.15) is 0 Å². The molecule has 1 aromatic rings. The number of amides is 1. The number of rotatable bonds is 3. The molecular formula is C25H35ClN2O. The molecule has 1 aromatic carbocycles. The van der Waals surface area contributed by atoms with E-state index in [4.69, 9.17) is 17.3 Å². The van der Waals surface area contributed by atoms with E-state index in [1.54, 1.807) is 0 Å². The average molecular weight is 415 g/mol. The molecular weight excluding hydrogens is 380 g/mol. The van der Waals surface area contributed by atoms with Crippen molar-refractivity contribution in [3.63, 3.8) is 0 Å². The first-order valence-electron chi connectivity index (χ1n) is 11.4. The van der Waals surface area contributed by atoms with Gasteiger partial charge in [-0.25, -0.2) is 0 Å². The van der Waals surface area contributed by atoms with Gasteiger partial charge in [0.15, 0.2) is 0 Å². The minimum Gasteiger partial charge on any atom is -0.342 e. The van der Waals surface area contributed by atoms with E-state index >= 15 is 0 Å². The number of carbonyl (C=O) groups is 1. The van der Waals surface area contributed by atoms with E-state index in [2.05, 4.69) is 49.1 Å². The highest BCUT2D eigenvalue weighted by atomic mass is 35.5. The summed E-state index contributed by atoms with van der Waals surface area (Å²) in [6.45, 7) is 6.01. The summed E-state index contributed by atoms with van der Waals surface area (Å²) >= 11 is 6.65. The molecule has 1 saturated heterocycles. The van der Waals surface area contributed by atoms with E-state index in [0.29, 0.717) is 17.7 Å². The Kier molecular flexibility index (Phi) is 4.43. The molecule has 4 heteroatoms. The molecule has 4 aliphatic carbocycles. The zero-order chi connectivity index (χ0) is 20.5. The Bertz CT molecular complexity index is 810. The van der Waals surface area contributed by atoms with Gasteiger partial charge < -0.3 is 10.6 Å². The topological polar surface area (TPSA) is 46.3 Å². The summed E-state index contributed by atoms with van der Waals surface area (Å²) in [5.74, 6) is 1.70. The van der Waals surface area contributed by atoms with E-state index in [1.807, 2.05) is 0 Å². The van der Waals surface area contributed by atoms with Crippen LogP contribution in [-0.4, -0.2) is 35.8 Å². The Morgan fingerprint density at radius 1 is 1.14 bits per heavy atom. The maximum absolute atomic E-state index is 14.1. The minimum atomic E-state index is -0.234. The second kappa shape index (κ2) is 6.47. The number of piperidine rings is 1. The molecule has 5 atom stereocenters. The van der Waals surface area contributed by atoms with Crippen LogP contribution in [0.2, 0.25) is 0 Å². The Morgan fingerprint density at radius 3 is 2.59 bits per heavy atom. The molecule has 0 radical (unpaired) electrons. The van der Waals surface area contributed by atoms with Crippen LogP contribution in [0.3, 0.4) is 0 Å². The van der Waals surface area contributed by atoms with Crippen LogP contribution in [-0.2, 0) is 10.2 Å². The number of likely N-dealkylation sites (tertiary alicyclic amines) is 1. The van der Waals surface area contributed by atoms with Gasteiger partial charge >= 0.3 is 0 Å². The first kappa shape index (κ1) is 19.9. The van der Waals surface area contributed by atoms with Gasteiger partial charge in [0.05, 0.1) is 5.41 Å². The molecule has 0 aromatic heterocycles. The Hall–Kier alpha value is -1.06. The van der Waals surface area contributed by atoms with Crippen molar-refractivity contribution in [1.29, 1.82) is 0 Å². The maximum atomic E-state index is 14.1. The van der Waals surface area contributed by atoms with Gasteiger partial charge in [-0.3, -0.25) is 4.79 Å². The van der Waals surface area contributed by atoms with E-state index in [0.717, 1.165) is 45.2 Å². The number of hydrogen-bond donors (Lipinski definition) is 1. The molecule has 4 saturated carbocycles.